The standard InChI is InChI=1S/C23H15ClOS/c24-19-13-11-17(12-14-19)21-15-20(16-7-3-1-4-8-16)22(23(26)25-21)18-9-5-2-6-10-18/h1-15H. The Morgan fingerprint density at radius 2 is 1.23 bits per heavy atom. The molecule has 0 aliphatic carbocycles. The second-order valence-corrected chi connectivity index (χ2v) is 6.73. The highest BCUT2D eigenvalue weighted by atomic mass is 35.5. The molecule has 0 unspecified atom stereocenters. The minimum absolute atomic E-state index is 0.475. The molecular weight excluding hydrogens is 360 g/mol. The first-order valence-corrected chi connectivity index (χ1v) is 9.06. The van der Waals surface area contributed by atoms with E-state index in [9.17, 15) is 0 Å². The van der Waals surface area contributed by atoms with E-state index in [1.54, 1.807) is 0 Å². The molecule has 3 heteroatoms. The molecule has 0 fully saturated rings. The lowest BCUT2D eigenvalue weighted by Crippen LogP contribution is -1.89. The maximum atomic E-state index is 6.02. The van der Waals surface area contributed by atoms with Crippen molar-refractivity contribution in [3.8, 4) is 33.6 Å². The second kappa shape index (κ2) is 7.28. The third kappa shape index (κ3) is 3.34. The quantitative estimate of drug-likeness (QED) is 0.341. The molecule has 0 saturated heterocycles. The Bertz CT molecular complexity index is 1080. The fourth-order valence-corrected chi connectivity index (χ4v) is 3.42. The van der Waals surface area contributed by atoms with Crippen molar-refractivity contribution < 1.29 is 4.42 Å². The van der Waals surface area contributed by atoms with Crippen LogP contribution in [-0.4, -0.2) is 0 Å². The van der Waals surface area contributed by atoms with Crippen LogP contribution >= 0.6 is 23.8 Å². The zero-order chi connectivity index (χ0) is 17.9. The third-order valence-electron chi connectivity index (χ3n) is 4.23. The van der Waals surface area contributed by atoms with Crippen molar-refractivity contribution in [3.05, 3.63) is 101 Å². The van der Waals surface area contributed by atoms with Crippen LogP contribution in [0.2, 0.25) is 5.02 Å². The first kappa shape index (κ1) is 16.8. The zero-order valence-electron chi connectivity index (χ0n) is 13.9. The van der Waals surface area contributed by atoms with Gasteiger partial charge in [0.25, 0.3) is 0 Å². The zero-order valence-corrected chi connectivity index (χ0v) is 15.4. The van der Waals surface area contributed by atoms with E-state index in [-0.39, 0.29) is 0 Å². The van der Waals surface area contributed by atoms with Gasteiger partial charge in [-0.3, -0.25) is 0 Å². The Hall–Kier alpha value is -2.68. The van der Waals surface area contributed by atoms with E-state index in [2.05, 4.69) is 30.3 Å². The van der Waals surface area contributed by atoms with Crippen LogP contribution in [0.1, 0.15) is 0 Å². The SMILES string of the molecule is S=c1oc(-c2ccc(Cl)cc2)cc(-c2ccccc2)c1-c1ccccc1. The maximum absolute atomic E-state index is 6.02. The molecule has 4 aromatic rings. The molecule has 4 rings (SSSR count). The van der Waals surface area contributed by atoms with Crippen molar-refractivity contribution in [3.63, 3.8) is 0 Å². The minimum Gasteiger partial charge on any atom is -0.445 e. The smallest absolute Gasteiger partial charge is 0.199 e. The number of hydrogen-bond acceptors (Lipinski definition) is 2. The molecule has 3 aromatic carbocycles. The first-order chi connectivity index (χ1) is 12.7. The lowest BCUT2D eigenvalue weighted by atomic mass is 9.95. The monoisotopic (exact) mass is 374 g/mol. The third-order valence-corrected chi connectivity index (χ3v) is 4.77. The Morgan fingerprint density at radius 3 is 1.85 bits per heavy atom. The van der Waals surface area contributed by atoms with Crippen molar-refractivity contribution in [2.24, 2.45) is 0 Å². The highest BCUT2D eigenvalue weighted by molar-refractivity contribution is 7.71. The predicted octanol–water partition coefficient (Wildman–Crippen LogP) is 7.66. The average Bonchev–Trinajstić information content (AvgIpc) is 2.69. The molecule has 0 N–H and O–H groups in total. The van der Waals surface area contributed by atoms with Gasteiger partial charge in [0, 0.05) is 16.1 Å². The maximum Gasteiger partial charge on any atom is 0.199 e. The Labute approximate surface area is 162 Å². The van der Waals surface area contributed by atoms with Crippen LogP contribution in [0.25, 0.3) is 33.6 Å². The molecule has 126 valence electrons. The molecular formula is C23H15ClOS. The predicted molar refractivity (Wildman–Crippen MR) is 111 cm³/mol. The van der Waals surface area contributed by atoms with Gasteiger partial charge in [0.2, 0.25) is 0 Å². The van der Waals surface area contributed by atoms with E-state index >= 15 is 0 Å². The summed E-state index contributed by atoms with van der Waals surface area (Å²) in [5, 5.41) is 0.691. The molecule has 0 aliphatic heterocycles. The molecule has 0 aliphatic rings. The van der Waals surface area contributed by atoms with E-state index in [1.807, 2.05) is 60.7 Å². The first-order valence-electron chi connectivity index (χ1n) is 8.27. The molecule has 26 heavy (non-hydrogen) atoms. The molecule has 0 amide bonds. The van der Waals surface area contributed by atoms with Gasteiger partial charge in [0.05, 0.1) is 0 Å². The average molecular weight is 375 g/mol. The second-order valence-electron chi connectivity index (χ2n) is 5.93. The van der Waals surface area contributed by atoms with Crippen LogP contribution in [0.15, 0.2) is 95.4 Å². The fraction of sp³-hybridized carbons (Fsp3) is 0. The molecule has 0 atom stereocenters. The van der Waals surface area contributed by atoms with Crippen LogP contribution < -0.4 is 0 Å². The largest absolute Gasteiger partial charge is 0.445 e. The lowest BCUT2D eigenvalue weighted by Gasteiger charge is -2.12. The summed E-state index contributed by atoms with van der Waals surface area (Å²) < 4.78 is 6.50. The Morgan fingerprint density at radius 1 is 0.654 bits per heavy atom. The molecule has 1 aromatic heterocycles. The number of rotatable bonds is 3. The summed E-state index contributed by atoms with van der Waals surface area (Å²) >= 11 is 11.7. The highest BCUT2D eigenvalue weighted by Gasteiger charge is 2.14. The van der Waals surface area contributed by atoms with Gasteiger partial charge in [0.1, 0.15) is 5.76 Å². The van der Waals surface area contributed by atoms with E-state index in [0.29, 0.717) is 9.73 Å². The van der Waals surface area contributed by atoms with Crippen molar-refractivity contribution >= 4 is 23.8 Å². The highest BCUT2D eigenvalue weighted by Crippen LogP contribution is 2.37. The number of hydrogen-bond donors (Lipinski definition) is 0. The van der Waals surface area contributed by atoms with Gasteiger partial charge >= 0.3 is 0 Å². The molecule has 0 spiro atoms. The van der Waals surface area contributed by atoms with Crippen molar-refractivity contribution in [1.82, 2.24) is 0 Å². The normalized spacial score (nSPS) is 10.7. The van der Waals surface area contributed by atoms with Gasteiger partial charge in [0.15, 0.2) is 4.71 Å². The van der Waals surface area contributed by atoms with Crippen LogP contribution in [0.4, 0.5) is 0 Å². The summed E-state index contributed by atoms with van der Waals surface area (Å²) in [7, 11) is 0. The van der Waals surface area contributed by atoms with E-state index in [0.717, 1.165) is 33.6 Å². The Balaban J connectivity index is 1.98. The van der Waals surface area contributed by atoms with E-state index < -0.39 is 0 Å². The number of benzene rings is 3. The molecule has 0 radical (unpaired) electrons. The summed E-state index contributed by atoms with van der Waals surface area (Å²) in [6, 6.07) is 30.0. The molecule has 0 bridgehead atoms. The van der Waals surface area contributed by atoms with Crippen molar-refractivity contribution in [2.75, 3.05) is 0 Å². The van der Waals surface area contributed by atoms with Crippen LogP contribution in [-0.2, 0) is 0 Å². The van der Waals surface area contributed by atoms with Crippen molar-refractivity contribution in [1.29, 1.82) is 0 Å². The molecule has 1 nitrogen and oxygen atoms in total. The van der Waals surface area contributed by atoms with Gasteiger partial charge < -0.3 is 4.42 Å². The van der Waals surface area contributed by atoms with Gasteiger partial charge in [-0.2, -0.15) is 0 Å². The topological polar surface area (TPSA) is 13.1 Å². The molecule has 1 heterocycles. The Kier molecular flexibility index (Phi) is 4.70. The van der Waals surface area contributed by atoms with E-state index in [4.69, 9.17) is 28.2 Å². The van der Waals surface area contributed by atoms with Crippen molar-refractivity contribution in [2.45, 2.75) is 0 Å². The van der Waals surface area contributed by atoms with Gasteiger partial charge in [-0.15, -0.1) is 0 Å². The van der Waals surface area contributed by atoms with Gasteiger partial charge in [-0.05, 0) is 59.2 Å². The number of halogens is 1. The lowest BCUT2D eigenvalue weighted by molar-refractivity contribution is 0.552. The summed E-state index contributed by atoms with van der Waals surface area (Å²) in [6.45, 7) is 0. The summed E-state index contributed by atoms with van der Waals surface area (Å²) in [6.07, 6.45) is 0. The fourth-order valence-electron chi connectivity index (χ4n) is 2.97. The van der Waals surface area contributed by atoms with Crippen LogP contribution in [0.3, 0.4) is 0 Å². The molecule has 0 saturated carbocycles. The van der Waals surface area contributed by atoms with Gasteiger partial charge in [-0.25, -0.2) is 0 Å². The van der Waals surface area contributed by atoms with Crippen LogP contribution in [0, 0.1) is 4.71 Å². The minimum atomic E-state index is 0.475. The van der Waals surface area contributed by atoms with E-state index in [1.165, 1.54) is 0 Å². The summed E-state index contributed by atoms with van der Waals surface area (Å²) in [4.78, 5) is 0. The van der Waals surface area contributed by atoms with Gasteiger partial charge in [-0.1, -0.05) is 72.3 Å². The summed E-state index contributed by atoms with van der Waals surface area (Å²) in [5.41, 5.74) is 5.08. The van der Waals surface area contributed by atoms with Crippen LogP contribution in [0.5, 0.6) is 0 Å². The summed E-state index contributed by atoms with van der Waals surface area (Å²) in [5.74, 6) is 0.727.